The number of fused-ring (bicyclic) bond motifs is 1. The molecule has 0 bridgehead atoms. The molecule has 0 unspecified atom stereocenters. The Bertz CT molecular complexity index is 958. The fraction of sp³-hybridized carbons (Fsp3) is 0.455. The number of ether oxygens (including phenoxy) is 1. The average molecular weight is 380 g/mol. The quantitative estimate of drug-likeness (QED) is 0.701. The van der Waals surface area contributed by atoms with Crippen LogP contribution in [0.5, 0.6) is 0 Å². The van der Waals surface area contributed by atoms with E-state index in [1.165, 1.54) is 5.39 Å². The minimum atomic E-state index is -0.207. The lowest BCUT2D eigenvalue weighted by molar-refractivity contribution is -0.137. The Kier molecular flexibility index (Phi) is 5.22. The number of hydrogen-bond acceptors (Lipinski definition) is 3. The normalized spacial score (nSPS) is 19.6. The summed E-state index contributed by atoms with van der Waals surface area (Å²) in [5.41, 5.74) is 3.25. The lowest BCUT2D eigenvalue weighted by Crippen LogP contribution is -2.36. The Labute approximate surface area is 165 Å². The van der Waals surface area contributed by atoms with Crippen LogP contribution in [0, 0.1) is 5.92 Å². The van der Waals surface area contributed by atoms with Gasteiger partial charge < -0.3 is 14.6 Å². The number of nitrogens with zero attached hydrogens (tertiary/aromatic N) is 3. The summed E-state index contributed by atoms with van der Waals surface area (Å²) in [5, 5.41) is 5.59. The topological polar surface area (TPSA) is 63.1 Å². The molecule has 4 rings (SSSR count). The molecule has 0 spiro atoms. The second-order valence-corrected chi connectivity index (χ2v) is 7.79. The molecule has 2 aromatic heterocycles. The van der Waals surface area contributed by atoms with E-state index in [0.29, 0.717) is 25.7 Å². The molecule has 1 saturated heterocycles. The van der Waals surface area contributed by atoms with Gasteiger partial charge in [-0.25, -0.2) is 0 Å². The largest absolute Gasteiger partial charge is 0.373 e. The lowest BCUT2D eigenvalue weighted by atomic mass is 9.95. The molecule has 0 aliphatic carbocycles. The summed E-state index contributed by atoms with van der Waals surface area (Å²) in [6.07, 6.45) is 6.34. The molecule has 3 heterocycles. The molecule has 6 nitrogen and oxygen atoms in total. The molecule has 1 aliphatic rings. The third-order valence-electron chi connectivity index (χ3n) is 5.57. The maximum absolute atomic E-state index is 13.3. The summed E-state index contributed by atoms with van der Waals surface area (Å²) < 4.78 is 7.87. The van der Waals surface area contributed by atoms with Crippen molar-refractivity contribution >= 4 is 16.8 Å². The Morgan fingerprint density at radius 1 is 1.39 bits per heavy atom. The van der Waals surface area contributed by atoms with E-state index in [9.17, 15) is 4.79 Å². The van der Waals surface area contributed by atoms with E-state index >= 15 is 0 Å². The fourth-order valence-electron chi connectivity index (χ4n) is 3.95. The van der Waals surface area contributed by atoms with Gasteiger partial charge in [0.25, 0.3) is 0 Å². The predicted molar refractivity (Wildman–Crippen MR) is 109 cm³/mol. The first-order valence-corrected chi connectivity index (χ1v) is 10.1. The number of aromatic amines is 1. The zero-order valence-electron chi connectivity index (χ0n) is 16.8. The van der Waals surface area contributed by atoms with Gasteiger partial charge in [-0.15, -0.1) is 0 Å². The Morgan fingerprint density at radius 2 is 2.25 bits per heavy atom. The monoisotopic (exact) mass is 380 g/mol. The van der Waals surface area contributed by atoms with Crippen LogP contribution >= 0.6 is 0 Å². The summed E-state index contributed by atoms with van der Waals surface area (Å²) in [5.74, 6) is 0.0113. The summed E-state index contributed by atoms with van der Waals surface area (Å²) in [7, 11) is 0. The molecule has 0 saturated carbocycles. The van der Waals surface area contributed by atoms with Crippen molar-refractivity contribution in [2.45, 2.75) is 45.9 Å². The molecule has 1 N–H and O–H groups in total. The van der Waals surface area contributed by atoms with Crippen molar-refractivity contribution in [1.29, 1.82) is 0 Å². The fourth-order valence-corrected chi connectivity index (χ4v) is 3.95. The van der Waals surface area contributed by atoms with Gasteiger partial charge >= 0.3 is 0 Å². The van der Waals surface area contributed by atoms with E-state index in [4.69, 9.17) is 4.74 Å². The van der Waals surface area contributed by atoms with Gasteiger partial charge in [0.05, 0.1) is 18.2 Å². The standard InChI is InChI=1S/C22H28N4O2/c1-4-25(13-16-5-6-20-17(11-16)7-9-23-20)22(27)19-8-10-28-21(19)18-12-24-26(14-18)15(2)3/h5-7,9,11-12,14-15,19,21,23H,4,8,10,13H2,1-3H3/t19-,21+/m1/s1. The van der Waals surface area contributed by atoms with E-state index in [1.54, 1.807) is 0 Å². The summed E-state index contributed by atoms with van der Waals surface area (Å²) in [4.78, 5) is 18.5. The zero-order valence-corrected chi connectivity index (χ0v) is 16.8. The third kappa shape index (κ3) is 3.56. The van der Waals surface area contributed by atoms with Crippen molar-refractivity contribution in [3.05, 3.63) is 54.0 Å². The highest BCUT2D eigenvalue weighted by Gasteiger charge is 2.38. The SMILES string of the molecule is CCN(Cc1ccc2[nH]ccc2c1)C(=O)[C@@H]1CCO[C@H]1c1cnn(C(C)C)c1. The van der Waals surface area contributed by atoms with Crippen molar-refractivity contribution in [1.82, 2.24) is 19.7 Å². The number of carbonyl (C=O) groups excluding carboxylic acids is 1. The number of nitrogens with one attached hydrogen (secondary N) is 1. The molecule has 1 fully saturated rings. The first-order chi connectivity index (χ1) is 13.6. The second kappa shape index (κ2) is 7.80. The third-order valence-corrected chi connectivity index (χ3v) is 5.57. The number of carbonyl (C=O) groups is 1. The molecule has 0 radical (unpaired) electrons. The minimum Gasteiger partial charge on any atom is -0.373 e. The van der Waals surface area contributed by atoms with Crippen molar-refractivity contribution in [3.8, 4) is 0 Å². The van der Waals surface area contributed by atoms with E-state index in [2.05, 4.69) is 48.2 Å². The van der Waals surface area contributed by atoms with Crippen LogP contribution in [-0.4, -0.2) is 38.7 Å². The van der Waals surface area contributed by atoms with Crippen molar-refractivity contribution in [3.63, 3.8) is 0 Å². The highest BCUT2D eigenvalue weighted by molar-refractivity contribution is 5.81. The van der Waals surface area contributed by atoms with Crippen molar-refractivity contribution < 1.29 is 9.53 Å². The van der Waals surface area contributed by atoms with Crippen LogP contribution in [-0.2, 0) is 16.1 Å². The predicted octanol–water partition coefficient (Wildman–Crippen LogP) is 4.07. The van der Waals surface area contributed by atoms with Crippen LogP contribution in [0.1, 0.15) is 50.5 Å². The average Bonchev–Trinajstić information content (AvgIpc) is 3.44. The van der Waals surface area contributed by atoms with Gasteiger partial charge in [-0.2, -0.15) is 5.10 Å². The lowest BCUT2D eigenvalue weighted by Gasteiger charge is -2.26. The highest BCUT2D eigenvalue weighted by Crippen LogP contribution is 2.36. The maximum atomic E-state index is 13.3. The number of H-pyrrole nitrogens is 1. The van der Waals surface area contributed by atoms with E-state index in [-0.39, 0.29) is 17.9 Å². The smallest absolute Gasteiger partial charge is 0.229 e. The molecular weight excluding hydrogens is 352 g/mol. The first kappa shape index (κ1) is 18.7. The van der Waals surface area contributed by atoms with Crippen LogP contribution < -0.4 is 0 Å². The molecule has 148 valence electrons. The zero-order chi connectivity index (χ0) is 19.7. The van der Waals surface area contributed by atoms with Gasteiger partial charge in [-0.05, 0) is 56.3 Å². The van der Waals surface area contributed by atoms with Gasteiger partial charge in [0, 0.05) is 49.2 Å². The summed E-state index contributed by atoms with van der Waals surface area (Å²) in [6, 6.07) is 8.66. The second-order valence-electron chi connectivity index (χ2n) is 7.79. The number of rotatable bonds is 6. The summed E-state index contributed by atoms with van der Waals surface area (Å²) >= 11 is 0. The first-order valence-electron chi connectivity index (χ1n) is 10.1. The van der Waals surface area contributed by atoms with Crippen molar-refractivity contribution in [2.24, 2.45) is 5.92 Å². The van der Waals surface area contributed by atoms with Gasteiger partial charge in [-0.1, -0.05) is 6.07 Å². The maximum Gasteiger partial charge on any atom is 0.229 e. The number of amides is 1. The molecule has 1 amide bonds. The summed E-state index contributed by atoms with van der Waals surface area (Å²) in [6.45, 7) is 8.13. The minimum absolute atomic E-state index is 0.152. The van der Waals surface area contributed by atoms with Crippen LogP contribution in [0.3, 0.4) is 0 Å². The van der Waals surface area contributed by atoms with Crippen molar-refractivity contribution in [2.75, 3.05) is 13.2 Å². The van der Waals surface area contributed by atoms with E-state index in [1.807, 2.05) is 35.1 Å². The van der Waals surface area contributed by atoms with E-state index < -0.39 is 0 Å². The molecular formula is C22H28N4O2. The van der Waals surface area contributed by atoms with Gasteiger partial charge in [-0.3, -0.25) is 9.48 Å². The highest BCUT2D eigenvalue weighted by atomic mass is 16.5. The number of hydrogen-bond donors (Lipinski definition) is 1. The number of benzene rings is 1. The van der Waals surface area contributed by atoms with Gasteiger partial charge in [0.15, 0.2) is 0 Å². The Morgan fingerprint density at radius 3 is 3.00 bits per heavy atom. The molecule has 3 aromatic rings. The van der Waals surface area contributed by atoms with Crippen LogP contribution in [0.4, 0.5) is 0 Å². The Hall–Kier alpha value is -2.60. The number of aromatic nitrogens is 3. The van der Waals surface area contributed by atoms with Crippen LogP contribution in [0.2, 0.25) is 0 Å². The van der Waals surface area contributed by atoms with Crippen LogP contribution in [0.25, 0.3) is 10.9 Å². The van der Waals surface area contributed by atoms with E-state index in [0.717, 1.165) is 23.1 Å². The Balaban J connectivity index is 1.51. The molecule has 1 aliphatic heterocycles. The molecule has 2 atom stereocenters. The van der Waals surface area contributed by atoms with Gasteiger partial charge in [0.2, 0.25) is 5.91 Å². The molecule has 28 heavy (non-hydrogen) atoms. The van der Waals surface area contributed by atoms with Gasteiger partial charge in [0.1, 0.15) is 0 Å². The molecule has 6 heteroatoms. The van der Waals surface area contributed by atoms with Crippen LogP contribution in [0.15, 0.2) is 42.9 Å². The molecule has 1 aromatic carbocycles.